The van der Waals surface area contributed by atoms with E-state index in [1.807, 2.05) is 16.8 Å². The second-order valence-electron chi connectivity index (χ2n) is 4.07. The summed E-state index contributed by atoms with van der Waals surface area (Å²) in [5.41, 5.74) is 0.762. The molecule has 6 heteroatoms. The Morgan fingerprint density at radius 2 is 2.35 bits per heavy atom. The van der Waals surface area contributed by atoms with Crippen LogP contribution in [0.15, 0.2) is 16.8 Å². The van der Waals surface area contributed by atoms with Gasteiger partial charge in [-0.1, -0.05) is 0 Å². The minimum atomic E-state index is -0.821. The van der Waals surface area contributed by atoms with E-state index in [2.05, 4.69) is 5.32 Å². The fourth-order valence-corrected chi connectivity index (χ4v) is 2.49. The van der Waals surface area contributed by atoms with E-state index < -0.39 is 11.9 Å². The lowest BCUT2D eigenvalue weighted by atomic mass is 9.99. The number of carboxylic acids is 1. The van der Waals surface area contributed by atoms with Crippen molar-refractivity contribution in [3.8, 4) is 0 Å². The van der Waals surface area contributed by atoms with E-state index in [1.54, 1.807) is 4.90 Å². The van der Waals surface area contributed by atoms with Gasteiger partial charge < -0.3 is 15.3 Å². The Morgan fingerprint density at radius 3 is 3.00 bits per heavy atom. The molecule has 2 amide bonds. The zero-order chi connectivity index (χ0) is 12.3. The molecule has 0 aliphatic carbocycles. The van der Waals surface area contributed by atoms with Crippen LogP contribution >= 0.6 is 11.3 Å². The molecule has 1 aromatic rings. The first kappa shape index (κ1) is 11.9. The zero-order valence-corrected chi connectivity index (χ0v) is 10.1. The van der Waals surface area contributed by atoms with Crippen LogP contribution in [-0.2, 0) is 4.79 Å². The lowest BCUT2D eigenvalue weighted by Gasteiger charge is -2.30. The number of nitrogens with one attached hydrogen (secondary N) is 1. The number of carbonyl (C=O) groups is 2. The molecule has 1 aromatic heterocycles. The van der Waals surface area contributed by atoms with E-state index in [0.29, 0.717) is 19.5 Å². The van der Waals surface area contributed by atoms with E-state index in [-0.39, 0.29) is 6.03 Å². The molecule has 2 N–H and O–H groups in total. The first-order chi connectivity index (χ1) is 8.16. The van der Waals surface area contributed by atoms with E-state index >= 15 is 0 Å². The number of carbonyl (C=O) groups excluding carboxylic acids is 1. The van der Waals surface area contributed by atoms with Crippen molar-refractivity contribution >= 4 is 29.0 Å². The summed E-state index contributed by atoms with van der Waals surface area (Å²) < 4.78 is 0. The Kier molecular flexibility index (Phi) is 3.63. The molecule has 1 atom stereocenters. The van der Waals surface area contributed by atoms with Crippen molar-refractivity contribution in [2.45, 2.75) is 12.8 Å². The Morgan fingerprint density at radius 1 is 1.53 bits per heavy atom. The lowest BCUT2D eigenvalue weighted by Crippen LogP contribution is -2.44. The molecule has 2 heterocycles. The smallest absolute Gasteiger partial charge is 0.321 e. The minimum absolute atomic E-state index is 0.214. The number of aliphatic carboxylic acids is 1. The standard InChI is InChI=1S/C11H14N2O3S/c14-10(15)8-2-1-4-13(6-8)11(16)12-9-3-5-17-7-9/h3,5,7-8H,1-2,4,6H2,(H,12,16)(H,14,15)/t8-/m0/s1. The van der Waals surface area contributed by atoms with Crippen LogP contribution in [0.25, 0.3) is 0 Å². The van der Waals surface area contributed by atoms with Gasteiger partial charge in [0, 0.05) is 18.5 Å². The molecule has 1 aliphatic rings. The lowest BCUT2D eigenvalue weighted by molar-refractivity contribution is -0.143. The average molecular weight is 254 g/mol. The quantitative estimate of drug-likeness (QED) is 0.849. The molecule has 0 radical (unpaired) electrons. The number of nitrogens with zero attached hydrogens (tertiary/aromatic N) is 1. The summed E-state index contributed by atoms with van der Waals surface area (Å²) >= 11 is 1.51. The maximum Gasteiger partial charge on any atom is 0.321 e. The Bertz CT molecular complexity index is 405. The summed E-state index contributed by atoms with van der Waals surface area (Å²) in [6, 6.07) is 1.61. The molecule has 0 spiro atoms. The van der Waals surface area contributed by atoms with Crippen molar-refractivity contribution in [2.75, 3.05) is 18.4 Å². The normalized spacial score (nSPS) is 20.0. The number of hydrogen-bond acceptors (Lipinski definition) is 3. The number of urea groups is 1. The maximum atomic E-state index is 11.9. The third-order valence-corrected chi connectivity index (χ3v) is 3.51. The number of thiophene rings is 1. The molecule has 1 saturated heterocycles. The van der Waals surface area contributed by atoms with E-state index in [9.17, 15) is 9.59 Å². The average Bonchev–Trinajstić information content (AvgIpc) is 2.82. The van der Waals surface area contributed by atoms with Gasteiger partial charge in [0.15, 0.2) is 0 Å². The number of carboxylic acid groups (broad SMARTS) is 1. The van der Waals surface area contributed by atoms with Crippen molar-refractivity contribution in [2.24, 2.45) is 5.92 Å². The van der Waals surface area contributed by atoms with E-state index in [1.165, 1.54) is 11.3 Å². The molecule has 1 aliphatic heterocycles. The Hall–Kier alpha value is -1.56. The molecule has 92 valence electrons. The first-order valence-corrected chi connectivity index (χ1v) is 6.42. The van der Waals surface area contributed by atoms with Crippen LogP contribution in [0.5, 0.6) is 0 Å². The molecule has 5 nitrogen and oxygen atoms in total. The third kappa shape index (κ3) is 2.97. The van der Waals surface area contributed by atoms with Crippen LogP contribution in [0.2, 0.25) is 0 Å². The van der Waals surface area contributed by atoms with Crippen molar-refractivity contribution in [3.63, 3.8) is 0 Å². The van der Waals surface area contributed by atoms with Gasteiger partial charge in [-0.25, -0.2) is 4.79 Å². The summed E-state index contributed by atoms with van der Waals surface area (Å²) in [5, 5.41) is 15.4. The summed E-state index contributed by atoms with van der Waals surface area (Å²) in [7, 11) is 0. The zero-order valence-electron chi connectivity index (χ0n) is 9.26. The molecule has 0 aromatic carbocycles. The van der Waals surface area contributed by atoms with Gasteiger partial charge in [0.1, 0.15) is 0 Å². The Balaban J connectivity index is 1.93. The number of anilines is 1. The molecule has 1 fully saturated rings. The highest BCUT2D eigenvalue weighted by Gasteiger charge is 2.28. The van der Waals surface area contributed by atoms with Gasteiger partial charge in [0.25, 0.3) is 0 Å². The van der Waals surface area contributed by atoms with Crippen molar-refractivity contribution in [1.82, 2.24) is 4.90 Å². The SMILES string of the molecule is O=C(O)[C@H]1CCCN(C(=O)Nc2ccsc2)C1. The largest absolute Gasteiger partial charge is 0.481 e. The number of rotatable bonds is 2. The number of likely N-dealkylation sites (tertiary alicyclic amines) is 1. The summed E-state index contributed by atoms with van der Waals surface area (Å²) in [5.74, 6) is -1.25. The predicted octanol–water partition coefficient (Wildman–Crippen LogP) is 2.08. The summed E-state index contributed by atoms with van der Waals surface area (Å²) in [6.45, 7) is 0.922. The highest BCUT2D eigenvalue weighted by Crippen LogP contribution is 2.18. The van der Waals surface area contributed by atoms with Gasteiger partial charge in [-0.3, -0.25) is 4.79 Å². The monoisotopic (exact) mass is 254 g/mol. The number of hydrogen-bond donors (Lipinski definition) is 2. The molecule has 0 bridgehead atoms. The summed E-state index contributed by atoms with van der Waals surface area (Å²) in [6.07, 6.45) is 1.39. The molecule has 0 unspecified atom stereocenters. The minimum Gasteiger partial charge on any atom is -0.481 e. The van der Waals surface area contributed by atoms with Crippen LogP contribution in [0.1, 0.15) is 12.8 Å². The van der Waals surface area contributed by atoms with Crippen molar-refractivity contribution in [1.29, 1.82) is 0 Å². The highest BCUT2D eigenvalue weighted by atomic mass is 32.1. The third-order valence-electron chi connectivity index (χ3n) is 2.83. The molecular formula is C11H14N2O3S. The molecular weight excluding hydrogens is 240 g/mol. The Labute approximate surface area is 103 Å². The van der Waals surface area contributed by atoms with Crippen molar-refractivity contribution < 1.29 is 14.7 Å². The topological polar surface area (TPSA) is 69.6 Å². The van der Waals surface area contributed by atoms with Crippen LogP contribution in [0.4, 0.5) is 10.5 Å². The van der Waals surface area contributed by atoms with Gasteiger partial charge in [-0.05, 0) is 24.3 Å². The van der Waals surface area contributed by atoms with Gasteiger partial charge >= 0.3 is 12.0 Å². The fourth-order valence-electron chi connectivity index (χ4n) is 1.90. The van der Waals surface area contributed by atoms with Crippen molar-refractivity contribution in [3.05, 3.63) is 16.8 Å². The molecule has 0 saturated carbocycles. The van der Waals surface area contributed by atoms with Gasteiger partial charge in [-0.15, -0.1) is 0 Å². The highest BCUT2D eigenvalue weighted by molar-refractivity contribution is 7.08. The summed E-state index contributed by atoms with van der Waals surface area (Å²) in [4.78, 5) is 24.3. The van der Waals surface area contributed by atoms with Gasteiger partial charge in [0.2, 0.25) is 0 Å². The fraction of sp³-hybridized carbons (Fsp3) is 0.455. The van der Waals surface area contributed by atoms with E-state index in [0.717, 1.165) is 12.1 Å². The van der Waals surface area contributed by atoms with E-state index in [4.69, 9.17) is 5.11 Å². The number of amides is 2. The number of piperidine rings is 1. The molecule has 2 rings (SSSR count). The van der Waals surface area contributed by atoms with Crippen LogP contribution in [0.3, 0.4) is 0 Å². The van der Waals surface area contributed by atoms with Crippen LogP contribution in [-0.4, -0.2) is 35.1 Å². The first-order valence-electron chi connectivity index (χ1n) is 5.48. The van der Waals surface area contributed by atoms with Gasteiger partial charge in [0.05, 0.1) is 11.6 Å². The predicted molar refractivity (Wildman–Crippen MR) is 65.3 cm³/mol. The second kappa shape index (κ2) is 5.18. The molecule has 17 heavy (non-hydrogen) atoms. The van der Waals surface area contributed by atoms with Crippen LogP contribution in [0, 0.1) is 5.92 Å². The maximum absolute atomic E-state index is 11.9. The van der Waals surface area contributed by atoms with Gasteiger partial charge in [-0.2, -0.15) is 11.3 Å². The van der Waals surface area contributed by atoms with Crippen LogP contribution < -0.4 is 5.32 Å². The second-order valence-corrected chi connectivity index (χ2v) is 4.85.